The van der Waals surface area contributed by atoms with Gasteiger partial charge in [0, 0.05) is 4.88 Å². The number of methoxy groups -OCH3 is 1. The van der Waals surface area contributed by atoms with Gasteiger partial charge >= 0.3 is 11.9 Å². The van der Waals surface area contributed by atoms with E-state index in [1.807, 2.05) is 11.4 Å². The van der Waals surface area contributed by atoms with Gasteiger partial charge in [-0.3, -0.25) is 19.2 Å². The van der Waals surface area contributed by atoms with Crippen molar-refractivity contribution in [2.45, 2.75) is 31.8 Å². The molecule has 3 unspecified atom stereocenters. The number of amides is 2. The van der Waals surface area contributed by atoms with Gasteiger partial charge in [0.2, 0.25) is 11.8 Å². The van der Waals surface area contributed by atoms with Crippen LogP contribution in [-0.4, -0.2) is 69.8 Å². The molecule has 1 aliphatic heterocycles. The largest absolute Gasteiger partial charge is 0.612 e. The van der Waals surface area contributed by atoms with E-state index >= 15 is 0 Å². The lowest BCUT2D eigenvalue weighted by Gasteiger charge is -2.46. The summed E-state index contributed by atoms with van der Waals surface area (Å²) in [4.78, 5) is 48.9. The SMILES string of the molecule is COC(=O)CC[S+]([O-])C=C(C)C1C(NC(=O)Cc2cccs2)C(=O)N1CC(=O)O. The molecule has 2 heterocycles. The number of likely N-dealkylation sites (tertiary alicyclic amines) is 1. The van der Waals surface area contributed by atoms with E-state index in [9.17, 15) is 23.7 Å². The van der Waals surface area contributed by atoms with Gasteiger partial charge in [-0.25, -0.2) is 0 Å². The Morgan fingerprint density at radius 2 is 2.17 bits per heavy atom. The molecule has 2 N–H and O–H groups in total. The fourth-order valence-corrected chi connectivity index (χ4v) is 4.68. The fourth-order valence-electron chi connectivity index (χ4n) is 2.94. The quantitative estimate of drug-likeness (QED) is 0.302. The number of esters is 1. The van der Waals surface area contributed by atoms with Crippen molar-refractivity contribution in [1.82, 2.24) is 10.2 Å². The molecule has 1 fully saturated rings. The number of thiophene rings is 1. The van der Waals surface area contributed by atoms with Crippen LogP contribution in [0.2, 0.25) is 0 Å². The first-order valence-electron chi connectivity index (χ1n) is 8.69. The molecule has 0 aliphatic carbocycles. The highest BCUT2D eigenvalue weighted by atomic mass is 32.2. The van der Waals surface area contributed by atoms with Crippen LogP contribution in [0.15, 0.2) is 28.5 Å². The number of nitrogens with zero attached hydrogens (tertiary/aromatic N) is 1. The molecule has 0 spiro atoms. The molecule has 1 aromatic rings. The Morgan fingerprint density at radius 1 is 1.45 bits per heavy atom. The highest BCUT2D eigenvalue weighted by molar-refractivity contribution is 7.94. The van der Waals surface area contributed by atoms with Crippen LogP contribution in [0, 0.1) is 0 Å². The highest BCUT2D eigenvalue weighted by Crippen LogP contribution is 2.27. The fraction of sp³-hybridized carbons (Fsp3) is 0.444. The summed E-state index contributed by atoms with van der Waals surface area (Å²) < 4.78 is 16.7. The maximum atomic E-state index is 12.4. The Hall–Kier alpha value is -2.37. The van der Waals surface area contributed by atoms with Crippen molar-refractivity contribution >= 4 is 46.3 Å². The van der Waals surface area contributed by atoms with Crippen LogP contribution >= 0.6 is 11.3 Å². The molecular weight excluding hydrogens is 420 g/mol. The van der Waals surface area contributed by atoms with E-state index < -0.39 is 47.7 Å². The molecule has 11 heteroatoms. The number of carboxylic acid groups (broad SMARTS) is 1. The predicted octanol–water partition coefficient (Wildman–Crippen LogP) is 0.286. The first-order valence-corrected chi connectivity index (χ1v) is 11.0. The average molecular weight is 443 g/mol. The Balaban J connectivity index is 2.07. The molecule has 3 atom stereocenters. The summed E-state index contributed by atoms with van der Waals surface area (Å²) in [5, 5.41) is 14.9. The van der Waals surface area contributed by atoms with Gasteiger partial charge in [-0.1, -0.05) is 6.07 Å². The number of hydrogen-bond donors (Lipinski definition) is 2. The summed E-state index contributed by atoms with van der Waals surface area (Å²) in [6.45, 7) is 1.08. The Morgan fingerprint density at radius 3 is 2.76 bits per heavy atom. The lowest BCUT2D eigenvalue weighted by Crippen LogP contribution is -2.71. The zero-order chi connectivity index (χ0) is 21.6. The number of carboxylic acids is 1. The third kappa shape index (κ3) is 6.31. The first kappa shape index (κ1) is 22.9. The minimum absolute atomic E-state index is 0.0314. The molecule has 1 aromatic heterocycles. The molecule has 29 heavy (non-hydrogen) atoms. The van der Waals surface area contributed by atoms with E-state index in [4.69, 9.17) is 5.11 Å². The molecule has 0 radical (unpaired) electrons. The average Bonchev–Trinajstić information content (AvgIpc) is 3.17. The Labute approximate surface area is 174 Å². The van der Waals surface area contributed by atoms with Crippen molar-refractivity contribution in [3.05, 3.63) is 33.4 Å². The molecule has 1 saturated heterocycles. The summed E-state index contributed by atoms with van der Waals surface area (Å²) in [6.07, 6.45) is 0.0806. The Kier molecular flexibility index (Phi) is 8.23. The molecule has 1 aliphatic rings. The number of nitrogens with one attached hydrogen (secondary N) is 1. The minimum Gasteiger partial charge on any atom is -0.612 e. The van der Waals surface area contributed by atoms with Crippen LogP contribution < -0.4 is 5.32 Å². The van der Waals surface area contributed by atoms with Crippen LogP contribution in [-0.2, 0) is 41.5 Å². The van der Waals surface area contributed by atoms with Crippen molar-refractivity contribution in [2.75, 3.05) is 19.4 Å². The van der Waals surface area contributed by atoms with Gasteiger partial charge in [-0.05, 0) is 35.1 Å². The minimum atomic E-state index is -1.51. The van der Waals surface area contributed by atoms with Crippen molar-refractivity contribution in [3.8, 4) is 0 Å². The van der Waals surface area contributed by atoms with Gasteiger partial charge in [0.25, 0.3) is 0 Å². The van der Waals surface area contributed by atoms with E-state index in [-0.39, 0.29) is 24.5 Å². The molecule has 2 amide bonds. The van der Waals surface area contributed by atoms with E-state index in [2.05, 4.69) is 10.1 Å². The molecule has 0 saturated carbocycles. The molecular formula is C18H22N2O7S2. The third-order valence-electron chi connectivity index (χ3n) is 4.26. The van der Waals surface area contributed by atoms with E-state index in [1.165, 1.54) is 23.9 Å². The van der Waals surface area contributed by atoms with Gasteiger partial charge in [0.1, 0.15) is 23.7 Å². The van der Waals surface area contributed by atoms with Crippen molar-refractivity contribution in [1.29, 1.82) is 0 Å². The smallest absolute Gasteiger partial charge is 0.323 e. The standard InChI is InChI=1S/C18H22N2O7S2/c1-11(10-29(26)7-5-15(24)27-2)17-16(18(25)20(17)9-14(22)23)19-13(21)8-12-4-3-6-28-12/h3-4,6,10,16-17H,5,7-9H2,1-2H3,(H,19,21)(H,22,23). The number of carbonyl (C=O) groups excluding carboxylic acids is 3. The van der Waals surface area contributed by atoms with E-state index in [1.54, 1.807) is 13.0 Å². The highest BCUT2D eigenvalue weighted by Gasteiger charge is 2.50. The molecule has 0 bridgehead atoms. The summed E-state index contributed by atoms with van der Waals surface area (Å²) in [5.74, 6) is -2.50. The van der Waals surface area contributed by atoms with Crippen molar-refractivity contribution in [2.24, 2.45) is 0 Å². The van der Waals surface area contributed by atoms with Crippen LogP contribution in [0.3, 0.4) is 0 Å². The summed E-state index contributed by atoms with van der Waals surface area (Å²) in [5.41, 5.74) is 0.482. The van der Waals surface area contributed by atoms with E-state index in [0.29, 0.717) is 5.57 Å². The number of ether oxygens (including phenoxy) is 1. The zero-order valence-corrected chi connectivity index (χ0v) is 17.6. The number of aliphatic carboxylic acids is 1. The van der Waals surface area contributed by atoms with Gasteiger partial charge in [-0.15, -0.1) is 11.3 Å². The lowest BCUT2D eigenvalue weighted by molar-refractivity contribution is -0.157. The number of rotatable bonds is 10. The third-order valence-corrected chi connectivity index (χ3v) is 6.37. The normalized spacial score (nSPS) is 20.0. The van der Waals surface area contributed by atoms with E-state index in [0.717, 1.165) is 9.78 Å². The summed E-state index contributed by atoms with van der Waals surface area (Å²) >= 11 is -0.0969. The number of hydrogen-bond acceptors (Lipinski definition) is 7. The van der Waals surface area contributed by atoms with Crippen LogP contribution in [0.25, 0.3) is 0 Å². The summed E-state index contributed by atoms with van der Waals surface area (Å²) in [6, 6.07) is 1.98. The van der Waals surface area contributed by atoms with Gasteiger partial charge in [0.15, 0.2) is 0 Å². The molecule has 0 aromatic carbocycles. The zero-order valence-electron chi connectivity index (χ0n) is 16.0. The second-order valence-corrected chi connectivity index (χ2v) is 8.82. The van der Waals surface area contributed by atoms with Crippen LogP contribution in [0.4, 0.5) is 0 Å². The molecule has 9 nitrogen and oxygen atoms in total. The maximum Gasteiger partial charge on any atom is 0.323 e. The molecule has 2 rings (SSSR count). The monoisotopic (exact) mass is 442 g/mol. The maximum absolute atomic E-state index is 12.4. The van der Waals surface area contributed by atoms with Crippen LogP contribution in [0.5, 0.6) is 0 Å². The number of carbonyl (C=O) groups is 4. The Bertz CT molecular complexity index is 794. The number of β-lactam (4-membered cyclic amide) rings is 1. The lowest BCUT2D eigenvalue weighted by atomic mass is 9.89. The van der Waals surface area contributed by atoms with Gasteiger partial charge in [-0.2, -0.15) is 0 Å². The predicted molar refractivity (Wildman–Crippen MR) is 106 cm³/mol. The molecule has 158 valence electrons. The van der Waals surface area contributed by atoms with Crippen molar-refractivity contribution in [3.63, 3.8) is 0 Å². The summed E-state index contributed by atoms with van der Waals surface area (Å²) in [7, 11) is 1.24. The van der Waals surface area contributed by atoms with Gasteiger partial charge in [0.05, 0.1) is 26.0 Å². The van der Waals surface area contributed by atoms with Crippen LogP contribution in [0.1, 0.15) is 18.2 Å². The van der Waals surface area contributed by atoms with Gasteiger partial charge < -0.3 is 24.6 Å². The second-order valence-electron chi connectivity index (χ2n) is 6.38. The first-order chi connectivity index (χ1) is 13.7. The second kappa shape index (κ2) is 10.4. The van der Waals surface area contributed by atoms with Crippen molar-refractivity contribution < 1.29 is 33.6 Å². The topological polar surface area (TPSA) is 136 Å².